The van der Waals surface area contributed by atoms with Gasteiger partial charge in [0.2, 0.25) is 5.91 Å². The first-order valence-corrected chi connectivity index (χ1v) is 10.9. The van der Waals surface area contributed by atoms with Crippen molar-refractivity contribution < 1.29 is 34.1 Å². The van der Waals surface area contributed by atoms with Gasteiger partial charge in [0, 0.05) is 26.1 Å². The predicted octanol–water partition coefficient (Wildman–Crippen LogP) is 2.73. The van der Waals surface area contributed by atoms with E-state index in [0.29, 0.717) is 6.54 Å². The maximum atomic E-state index is 12.8. The van der Waals surface area contributed by atoms with Gasteiger partial charge in [-0.2, -0.15) is 0 Å². The number of carboxylic acids is 2. The zero-order chi connectivity index (χ0) is 25.1. The number of ether oxygens (including phenoxy) is 2. The van der Waals surface area contributed by atoms with Crippen LogP contribution in [0, 0.1) is 5.92 Å². The van der Waals surface area contributed by atoms with Crippen LogP contribution in [0.5, 0.6) is 11.5 Å². The van der Waals surface area contributed by atoms with Gasteiger partial charge in [-0.15, -0.1) is 0 Å². The Bertz CT molecular complexity index is 945. The third-order valence-electron chi connectivity index (χ3n) is 5.61. The van der Waals surface area contributed by atoms with Gasteiger partial charge in [-0.05, 0) is 49.2 Å². The van der Waals surface area contributed by atoms with Crippen LogP contribution in [-0.4, -0.2) is 72.2 Å². The van der Waals surface area contributed by atoms with Gasteiger partial charge in [0.15, 0.2) is 11.5 Å². The lowest BCUT2D eigenvalue weighted by Gasteiger charge is -2.33. The Morgan fingerprint density at radius 2 is 1.50 bits per heavy atom. The molecule has 0 aliphatic carbocycles. The molecule has 0 spiro atoms. The Balaban J connectivity index is 0.000000604. The largest absolute Gasteiger partial charge is 0.493 e. The van der Waals surface area contributed by atoms with Gasteiger partial charge in [0.05, 0.1) is 14.2 Å². The summed E-state index contributed by atoms with van der Waals surface area (Å²) < 4.78 is 10.7. The second-order valence-electron chi connectivity index (χ2n) is 8.03. The summed E-state index contributed by atoms with van der Waals surface area (Å²) in [6.45, 7) is 3.40. The molecule has 1 amide bonds. The number of likely N-dealkylation sites (tertiary alicyclic amines) is 1. The minimum Gasteiger partial charge on any atom is -0.493 e. The van der Waals surface area contributed by atoms with Gasteiger partial charge >= 0.3 is 11.9 Å². The molecular weight excluding hydrogens is 440 g/mol. The van der Waals surface area contributed by atoms with Crippen LogP contribution in [0.3, 0.4) is 0 Å². The van der Waals surface area contributed by atoms with E-state index in [9.17, 15) is 4.79 Å². The number of amides is 1. The van der Waals surface area contributed by atoms with E-state index < -0.39 is 11.9 Å². The van der Waals surface area contributed by atoms with E-state index in [1.54, 1.807) is 14.2 Å². The normalized spacial score (nSPS) is 13.9. The number of nitrogens with zero attached hydrogens (tertiary/aromatic N) is 2. The van der Waals surface area contributed by atoms with Crippen molar-refractivity contribution in [3.8, 4) is 11.5 Å². The first-order chi connectivity index (χ1) is 16.2. The average Bonchev–Trinajstić information content (AvgIpc) is 2.85. The van der Waals surface area contributed by atoms with E-state index in [-0.39, 0.29) is 11.8 Å². The average molecular weight is 473 g/mol. The summed E-state index contributed by atoms with van der Waals surface area (Å²) in [4.78, 5) is 35.3. The molecule has 1 fully saturated rings. The van der Waals surface area contributed by atoms with E-state index in [4.69, 9.17) is 29.3 Å². The third kappa shape index (κ3) is 8.08. The van der Waals surface area contributed by atoms with Crippen LogP contribution in [0.2, 0.25) is 0 Å². The van der Waals surface area contributed by atoms with Gasteiger partial charge in [-0.25, -0.2) is 9.59 Å². The molecular formula is C25H32N2O7. The molecule has 34 heavy (non-hydrogen) atoms. The lowest BCUT2D eigenvalue weighted by molar-refractivity contribution is -0.159. The Morgan fingerprint density at radius 3 is 2.03 bits per heavy atom. The highest BCUT2D eigenvalue weighted by Crippen LogP contribution is 2.29. The molecule has 1 aliphatic rings. The van der Waals surface area contributed by atoms with Crippen molar-refractivity contribution in [2.24, 2.45) is 5.92 Å². The molecule has 3 rings (SSSR count). The predicted molar refractivity (Wildman–Crippen MR) is 126 cm³/mol. The highest BCUT2D eigenvalue weighted by molar-refractivity contribution is 6.27. The summed E-state index contributed by atoms with van der Waals surface area (Å²) >= 11 is 0. The lowest BCUT2D eigenvalue weighted by atomic mass is 9.95. The number of carbonyl (C=O) groups is 3. The number of rotatable bonds is 7. The molecule has 1 aliphatic heterocycles. The van der Waals surface area contributed by atoms with Gasteiger partial charge < -0.3 is 24.6 Å². The maximum Gasteiger partial charge on any atom is 0.414 e. The minimum absolute atomic E-state index is 0.121. The third-order valence-corrected chi connectivity index (χ3v) is 5.61. The molecule has 0 atom stereocenters. The van der Waals surface area contributed by atoms with Gasteiger partial charge in [0.1, 0.15) is 0 Å². The number of aliphatic carboxylic acids is 2. The first kappa shape index (κ1) is 26.7. The molecule has 0 bridgehead atoms. The van der Waals surface area contributed by atoms with Crippen LogP contribution < -0.4 is 9.47 Å². The summed E-state index contributed by atoms with van der Waals surface area (Å²) in [6.07, 6.45) is 1.82. The zero-order valence-electron chi connectivity index (χ0n) is 19.8. The van der Waals surface area contributed by atoms with E-state index in [0.717, 1.165) is 44.0 Å². The van der Waals surface area contributed by atoms with E-state index in [2.05, 4.69) is 23.1 Å². The molecule has 9 heteroatoms. The van der Waals surface area contributed by atoms with Crippen LogP contribution >= 0.6 is 0 Å². The number of piperidine rings is 1. The van der Waals surface area contributed by atoms with E-state index in [1.165, 1.54) is 11.1 Å². The Morgan fingerprint density at radius 1 is 0.912 bits per heavy atom. The van der Waals surface area contributed by atoms with Crippen molar-refractivity contribution in [2.75, 3.05) is 34.4 Å². The number of carbonyl (C=O) groups excluding carboxylic acids is 1. The second-order valence-corrected chi connectivity index (χ2v) is 8.03. The SMILES string of the molecule is COc1ccc(CN2CCC(C(=O)N(C)Cc3ccccc3)CC2)cc1OC.O=C(O)C(=O)O. The molecule has 1 heterocycles. The number of hydrogen-bond acceptors (Lipinski definition) is 6. The molecule has 2 N–H and O–H groups in total. The molecule has 184 valence electrons. The number of carboxylic acid groups (broad SMARTS) is 2. The number of hydrogen-bond donors (Lipinski definition) is 2. The fourth-order valence-electron chi connectivity index (χ4n) is 3.82. The summed E-state index contributed by atoms with van der Waals surface area (Å²) in [5, 5.41) is 14.8. The van der Waals surface area contributed by atoms with Crippen LogP contribution in [0.4, 0.5) is 0 Å². The van der Waals surface area contributed by atoms with Crippen LogP contribution in [0.1, 0.15) is 24.0 Å². The standard InChI is InChI=1S/C23H30N2O3.C2H2O4/c1-24(16-18-7-5-4-6-8-18)23(26)20-11-13-25(14-12-20)17-19-9-10-21(27-2)22(15-19)28-3;3-1(4)2(5)6/h4-10,15,20H,11-14,16-17H2,1-3H3;(H,3,4)(H,5,6). The van der Waals surface area contributed by atoms with E-state index in [1.807, 2.05) is 42.3 Å². The topological polar surface area (TPSA) is 117 Å². The Hall–Kier alpha value is -3.59. The first-order valence-electron chi connectivity index (χ1n) is 10.9. The van der Waals surface area contributed by atoms with Crippen LogP contribution in [0.15, 0.2) is 48.5 Å². The second kappa shape index (κ2) is 13.2. The zero-order valence-corrected chi connectivity index (χ0v) is 19.8. The molecule has 2 aromatic carbocycles. The molecule has 1 saturated heterocycles. The Labute approximate surface area is 199 Å². The summed E-state index contributed by atoms with van der Waals surface area (Å²) in [5.41, 5.74) is 2.37. The molecule has 2 aromatic rings. The molecule has 0 aromatic heterocycles. The maximum absolute atomic E-state index is 12.8. The summed E-state index contributed by atoms with van der Waals surface area (Å²) in [7, 11) is 5.21. The Kier molecular flexibility index (Phi) is 10.3. The highest BCUT2D eigenvalue weighted by Gasteiger charge is 2.27. The summed E-state index contributed by atoms with van der Waals surface area (Å²) in [6, 6.07) is 16.2. The smallest absolute Gasteiger partial charge is 0.414 e. The number of benzene rings is 2. The van der Waals surface area contributed by atoms with Gasteiger partial charge in [-0.1, -0.05) is 36.4 Å². The van der Waals surface area contributed by atoms with Crippen LogP contribution in [-0.2, 0) is 27.5 Å². The fraction of sp³-hybridized carbons (Fsp3) is 0.400. The molecule has 0 unspecified atom stereocenters. The lowest BCUT2D eigenvalue weighted by Crippen LogP contribution is -2.40. The summed E-state index contributed by atoms with van der Waals surface area (Å²) in [5.74, 6) is -1.76. The van der Waals surface area contributed by atoms with Gasteiger partial charge in [-0.3, -0.25) is 9.69 Å². The molecule has 9 nitrogen and oxygen atoms in total. The van der Waals surface area contributed by atoms with Crippen molar-refractivity contribution in [1.82, 2.24) is 9.80 Å². The quantitative estimate of drug-likeness (QED) is 0.591. The minimum atomic E-state index is -1.82. The van der Waals surface area contributed by atoms with Crippen molar-refractivity contribution in [1.29, 1.82) is 0 Å². The highest BCUT2D eigenvalue weighted by atomic mass is 16.5. The number of methoxy groups -OCH3 is 2. The van der Waals surface area contributed by atoms with E-state index >= 15 is 0 Å². The van der Waals surface area contributed by atoms with Crippen LogP contribution in [0.25, 0.3) is 0 Å². The van der Waals surface area contributed by atoms with Crippen molar-refractivity contribution in [3.63, 3.8) is 0 Å². The monoisotopic (exact) mass is 472 g/mol. The van der Waals surface area contributed by atoms with Crippen molar-refractivity contribution in [3.05, 3.63) is 59.7 Å². The van der Waals surface area contributed by atoms with Gasteiger partial charge in [0.25, 0.3) is 0 Å². The van der Waals surface area contributed by atoms with Crippen molar-refractivity contribution >= 4 is 17.8 Å². The van der Waals surface area contributed by atoms with Crippen molar-refractivity contribution in [2.45, 2.75) is 25.9 Å². The fourth-order valence-corrected chi connectivity index (χ4v) is 3.82. The molecule has 0 radical (unpaired) electrons. The molecule has 0 saturated carbocycles.